The van der Waals surface area contributed by atoms with Gasteiger partial charge in [0.2, 0.25) is 10.0 Å². The minimum absolute atomic E-state index is 0.181. The van der Waals surface area contributed by atoms with Crippen LogP contribution >= 0.6 is 11.6 Å². The Morgan fingerprint density at radius 3 is 2.16 bits per heavy atom. The first-order valence-electron chi connectivity index (χ1n) is 10.9. The van der Waals surface area contributed by atoms with E-state index in [9.17, 15) is 18.0 Å². The van der Waals surface area contributed by atoms with Crippen molar-refractivity contribution < 1.29 is 27.5 Å². The molecule has 0 aromatic heterocycles. The lowest BCUT2D eigenvalue weighted by atomic mass is 10.2. The maximum atomic E-state index is 12.3. The number of carbonyl (C=O) groups excluding carboxylic acids is 2. The third-order valence-corrected chi connectivity index (χ3v) is 6.22. The van der Waals surface area contributed by atoms with Crippen LogP contribution in [0.1, 0.15) is 5.56 Å². The highest BCUT2D eigenvalue weighted by Crippen LogP contribution is 2.20. The fourth-order valence-corrected chi connectivity index (χ4v) is 4.00. The van der Waals surface area contributed by atoms with Crippen LogP contribution in [0.5, 0.6) is 11.5 Å². The third-order valence-electron chi connectivity index (χ3n) is 4.83. The van der Waals surface area contributed by atoms with Crippen molar-refractivity contribution in [2.45, 2.75) is 0 Å². The molecule has 12 heteroatoms. The lowest BCUT2D eigenvalue weighted by molar-refractivity contribution is -0.119. The van der Waals surface area contributed by atoms with E-state index >= 15 is 0 Å². The number of ether oxygens (including phenoxy) is 2. The third kappa shape index (κ3) is 8.81. The van der Waals surface area contributed by atoms with E-state index in [2.05, 4.69) is 15.8 Å². The molecular weight excluding hydrogens is 520 g/mol. The molecule has 0 saturated heterocycles. The van der Waals surface area contributed by atoms with Gasteiger partial charge in [0, 0.05) is 10.7 Å². The number of rotatable bonds is 11. The smallest absolute Gasteiger partial charge is 0.262 e. The summed E-state index contributed by atoms with van der Waals surface area (Å²) in [7, 11) is -2.15. The number of hydrogen-bond acceptors (Lipinski definition) is 7. The highest BCUT2D eigenvalue weighted by Gasteiger charge is 2.20. The van der Waals surface area contributed by atoms with E-state index in [1.807, 2.05) is 0 Å². The highest BCUT2D eigenvalue weighted by molar-refractivity contribution is 7.92. The lowest BCUT2D eigenvalue weighted by Gasteiger charge is -2.21. The number of nitrogens with zero attached hydrogens (tertiary/aromatic N) is 2. The molecule has 0 atom stereocenters. The summed E-state index contributed by atoms with van der Waals surface area (Å²) in [5.74, 6) is 0.212. The molecule has 0 bridgehead atoms. The van der Waals surface area contributed by atoms with Gasteiger partial charge in [-0.1, -0.05) is 11.6 Å². The van der Waals surface area contributed by atoms with Crippen molar-refractivity contribution in [3.05, 3.63) is 83.4 Å². The van der Waals surface area contributed by atoms with Crippen LogP contribution in [0.2, 0.25) is 5.02 Å². The zero-order valence-electron chi connectivity index (χ0n) is 20.0. The Morgan fingerprint density at radius 2 is 1.57 bits per heavy atom. The van der Waals surface area contributed by atoms with E-state index in [1.54, 1.807) is 55.6 Å². The molecule has 10 nitrogen and oxygen atoms in total. The molecule has 0 spiro atoms. The number of anilines is 2. The fraction of sp³-hybridized carbons (Fsp3) is 0.160. The first kappa shape index (κ1) is 27.5. The molecule has 0 unspecified atom stereocenters. The molecule has 37 heavy (non-hydrogen) atoms. The summed E-state index contributed by atoms with van der Waals surface area (Å²) in [5, 5.41) is 7.03. The van der Waals surface area contributed by atoms with Gasteiger partial charge in [-0.3, -0.25) is 13.9 Å². The summed E-state index contributed by atoms with van der Waals surface area (Å²) >= 11 is 5.85. The van der Waals surface area contributed by atoms with E-state index in [4.69, 9.17) is 21.1 Å². The minimum Gasteiger partial charge on any atom is -0.497 e. The van der Waals surface area contributed by atoms with Gasteiger partial charge in [0.15, 0.2) is 6.61 Å². The molecule has 3 aromatic carbocycles. The Labute approximate surface area is 219 Å². The summed E-state index contributed by atoms with van der Waals surface area (Å²) in [4.78, 5) is 24.4. The normalized spacial score (nSPS) is 11.1. The highest BCUT2D eigenvalue weighted by atomic mass is 35.5. The predicted molar refractivity (Wildman–Crippen MR) is 143 cm³/mol. The molecule has 0 radical (unpaired) electrons. The Kier molecular flexibility index (Phi) is 9.47. The van der Waals surface area contributed by atoms with Crippen LogP contribution in [0, 0.1) is 0 Å². The summed E-state index contributed by atoms with van der Waals surface area (Å²) in [5.41, 5.74) is 3.88. The van der Waals surface area contributed by atoms with E-state index < -0.39 is 22.5 Å². The van der Waals surface area contributed by atoms with Crippen LogP contribution in [0.3, 0.4) is 0 Å². The number of sulfonamides is 1. The van der Waals surface area contributed by atoms with Crippen LogP contribution in [0.15, 0.2) is 77.9 Å². The van der Waals surface area contributed by atoms with E-state index in [0.29, 0.717) is 33.5 Å². The summed E-state index contributed by atoms with van der Waals surface area (Å²) in [6.45, 7) is -0.636. The second-order valence-electron chi connectivity index (χ2n) is 7.67. The average Bonchev–Trinajstić information content (AvgIpc) is 2.87. The second kappa shape index (κ2) is 12.7. The van der Waals surface area contributed by atoms with E-state index in [-0.39, 0.29) is 12.5 Å². The van der Waals surface area contributed by atoms with Gasteiger partial charge in [0.05, 0.1) is 25.3 Å². The van der Waals surface area contributed by atoms with Gasteiger partial charge in [-0.05, 0) is 78.4 Å². The van der Waals surface area contributed by atoms with Crippen molar-refractivity contribution >= 4 is 51.0 Å². The molecule has 3 rings (SSSR count). The molecule has 3 aromatic rings. The summed E-state index contributed by atoms with van der Waals surface area (Å²) in [6.07, 6.45) is 2.40. The van der Waals surface area contributed by atoms with Crippen LogP contribution in [-0.2, 0) is 19.6 Å². The number of benzene rings is 3. The van der Waals surface area contributed by atoms with Gasteiger partial charge in [0.25, 0.3) is 11.8 Å². The second-order valence-corrected chi connectivity index (χ2v) is 10.0. The molecule has 194 valence electrons. The van der Waals surface area contributed by atoms with Crippen molar-refractivity contribution in [2.75, 3.05) is 36.1 Å². The zero-order chi connectivity index (χ0) is 26.8. The van der Waals surface area contributed by atoms with Crippen molar-refractivity contribution in [1.29, 1.82) is 0 Å². The van der Waals surface area contributed by atoms with Gasteiger partial charge >= 0.3 is 0 Å². The molecule has 0 heterocycles. The molecule has 0 fully saturated rings. The molecular formula is C25H25ClN4O6S. The zero-order valence-corrected chi connectivity index (χ0v) is 21.6. The number of hydrogen-bond donors (Lipinski definition) is 2. The Morgan fingerprint density at radius 1 is 0.946 bits per heavy atom. The van der Waals surface area contributed by atoms with Gasteiger partial charge in [0.1, 0.15) is 18.0 Å². The van der Waals surface area contributed by atoms with Crippen molar-refractivity contribution in [3.8, 4) is 11.5 Å². The van der Waals surface area contributed by atoms with Crippen LogP contribution in [-0.4, -0.2) is 53.0 Å². The van der Waals surface area contributed by atoms with Gasteiger partial charge in [-0.15, -0.1) is 0 Å². The quantitative estimate of drug-likeness (QED) is 0.282. The predicted octanol–water partition coefficient (Wildman–Crippen LogP) is 3.28. The SMILES string of the molecule is COc1ccc(NC(=O)COc2ccc(/C=N\NC(=O)CN(c3ccc(Cl)cc3)S(C)(=O)=O)cc2)cc1. The van der Waals surface area contributed by atoms with Crippen molar-refractivity contribution in [2.24, 2.45) is 5.10 Å². The molecule has 0 aliphatic carbocycles. The first-order valence-corrected chi connectivity index (χ1v) is 13.1. The van der Waals surface area contributed by atoms with Crippen LogP contribution in [0.4, 0.5) is 11.4 Å². The molecule has 0 aliphatic heterocycles. The number of halogens is 1. The van der Waals surface area contributed by atoms with Gasteiger partial charge in [-0.2, -0.15) is 5.10 Å². The molecule has 0 saturated carbocycles. The van der Waals surface area contributed by atoms with Crippen LogP contribution in [0.25, 0.3) is 0 Å². The summed E-state index contributed by atoms with van der Waals surface area (Å²) < 4.78 is 35.8. The van der Waals surface area contributed by atoms with Crippen molar-refractivity contribution in [1.82, 2.24) is 5.43 Å². The summed E-state index contributed by atoms with van der Waals surface area (Å²) in [6, 6.07) is 19.7. The monoisotopic (exact) mass is 544 g/mol. The minimum atomic E-state index is -3.71. The first-order chi connectivity index (χ1) is 17.6. The van der Waals surface area contributed by atoms with E-state index in [0.717, 1.165) is 10.6 Å². The largest absolute Gasteiger partial charge is 0.497 e. The number of hydrazone groups is 1. The fourth-order valence-electron chi connectivity index (χ4n) is 3.02. The van der Waals surface area contributed by atoms with Gasteiger partial charge in [-0.25, -0.2) is 13.8 Å². The van der Waals surface area contributed by atoms with E-state index in [1.165, 1.54) is 30.5 Å². The topological polar surface area (TPSA) is 126 Å². The maximum Gasteiger partial charge on any atom is 0.262 e. The number of methoxy groups -OCH3 is 1. The Balaban J connectivity index is 1.48. The average molecular weight is 545 g/mol. The standard InChI is InChI=1S/C25H25ClN4O6S/c1-35-22-13-7-20(8-14-22)28-25(32)17-36-23-11-3-18(4-12-23)15-27-29-24(31)16-30(37(2,33)34)21-9-5-19(26)6-10-21/h3-15H,16-17H2,1-2H3,(H,28,32)(H,29,31)/b27-15-. The van der Waals surface area contributed by atoms with Crippen LogP contribution < -0.4 is 24.5 Å². The number of carbonyl (C=O) groups is 2. The molecule has 2 amide bonds. The molecule has 2 N–H and O–H groups in total. The maximum absolute atomic E-state index is 12.3. The van der Waals surface area contributed by atoms with Gasteiger partial charge < -0.3 is 14.8 Å². The Bertz CT molecular complexity index is 1350. The molecule has 0 aliphatic rings. The number of amides is 2. The van der Waals surface area contributed by atoms with Crippen molar-refractivity contribution in [3.63, 3.8) is 0 Å². The lowest BCUT2D eigenvalue weighted by Crippen LogP contribution is -2.38. The Hall–Kier alpha value is -4.09. The number of nitrogens with one attached hydrogen (secondary N) is 2.